The van der Waals surface area contributed by atoms with Gasteiger partial charge in [-0.2, -0.15) is 13.2 Å². The molecule has 6 heteroatoms. The van der Waals surface area contributed by atoms with Crippen LogP contribution in [0.5, 0.6) is 0 Å². The molecule has 0 radical (unpaired) electrons. The summed E-state index contributed by atoms with van der Waals surface area (Å²) >= 11 is 0. The van der Waals surface area contributed by atoms with Gasteiger partial charge in [0, 0.05) is 30.9 Å². The molecule has 21 heavy (non-hydrogen) atoms. The third-order valence-corrected chi connectivity index (χ3v) is 4.35. The highest BCUT2D eigenvalue weighted by Gasteiger charge is 2.36. The largest absolute Gasteiger partial charge is 0.419 e. The summed E-state index contributed by atoms with van der Waals surface area (Å²) in [6.07, 6.45) is -2.87. The van der Waals surface area contributed by atoms with E-state index < -0.39 is 17.6 Å². The summed E-state index contributed by atoms with van der Waals surface area (Å²) in [5.41, 5.74) is -0.862. The first kappa shape index (κ1) is 16.1. The SMILES string of the molecule is CCC1(CC)CN(c2ccc(F)c(C(F)(F)F)c2)CCN1. The van der Waals surface area contributed by atoms with Crippen LogP contribution >= 0.6 is 0 Å². The highest BCUT2D eigenvalue weighted by atomic mass is 19.4. The second kappa shape index (κ2) is 5.83. The number of rotatable bonds is 3. The van der Waals surface area contributed by atoms with Crippen LogP contribution in [-0.4, -0.2) is 25.2 Å². The molecule has 1 fully saturated rings. The second-order valence-corrected chi connectivity index (χ2v) is 5.50. The lowest BCUT2D eigenvalue weighted by atomic mass is 9.90. The molecule has 1 aromatic rings. The van der Waals surface area contributed by atoms with Gasteiger partial charge in [0.2, 0.25) is 0 Å². The molecule has 1 N–H and O–H groups in total. The van der Waals surface area contributed by atoms with Gasteiger partial charge in [-0.25, -0.2) is 4.39 Å². The zero-order valence-corrected chi connectivity index (χ0v) is 12.2. The van der Waals surface area contributed by atoms with Crippen molar-refractivity contribution in [2.45, 2.75) is 38.4 Å². The van der Waals surface area contributed by atoms with Gasteiger partial charge in [0.15, 0.2) is 0 Å². The molecule has 1 aliphatic rings. The van der Waals surface area contributed by atoms with Gasteiger partial charge in [-0.1, -0.05) is 13.8 Å². The molecule has 0 unspecified atom stereocenters. The first-order valence-electron chi connectivity index (χ1n) is 7.18. The van der Waals surface area contributed by atoms with Gasteiger partial charge in [-0.05, 0) is 31.0 Å². The average molecular weight is 304 g/mol. The summed E-state index contributed by atoms with van der Waals surface area (Å²) < 4.78 is 51.8. The smallest absolute Gasteiger partial charge is 0.368 e. The third kappa shape index (κ3) is 3.31. The van der Waals surface area contributed by atoms with Crippen LogP contribution < -0.4 is 10.2 Å². The van der Waals surface area contributed by atoms with E-state index in [9.17, 15) is 17.6 Å². The zero-order valence-electron chi connectivity index (χ0n) is 12.2. The van der Waals surface area contributed by atoms with E-state index in [4.69, 9.17) is 0 Å². The van der Waals surface area contributed by atoms with Crippen LogP contribution in [0.15, 0.2) is 18.2 Å². The summed E-state index contributed by atoms with van der Waals surface area (Å²) in [6, 6.07) is 3.24. The van der Waals surface area contributed by atoms with E-state index in [2.05, 4.69) is 19.2 Å². The Morgan fingerprint density at radius 1 is 1.24 bits per heavy atom. The number of anilines is 1. The lowest BCUT2D eigenvalue weighted by Crippen LogP contribution is -2.60. The van der Waals surface area contributed by atoms with Crippen LogP contribution in [0.3, 0.4) is 0 Å². The molecular weight excluding hydrogens is 284 g/mol. The van der Waals surface area contributed by atoms with Crippen LogP contribution in [0.25, 0.3) is 0 Å². The van der Waals surface area contributed by atoms with Crippen molar-refractivity contribution in [3.8, 4) is 0 Å². The minimum absolute atomic E-state index is 0.0922. The van der Waals surface area contributed by atoms with Crippen molar-refractivity contribution in [3.63, 3.8) is 0 Å². The molecule has 0 saturated carbocycles. The molecule has 0 bridgehead atoms. The fraction of sp³-hybridized carbons (Fsp3) is 0.600. The summed E-state index contributed by atoms with van der Waals surface area (Å²) in [6.45, 7) is 6.08. The molecule has 0 atom stereocenters. The van der Waals surface area contributed by atoms with Gasteiger partial charge in [0.25, 0.3) is 0 Å². The first-order valence-corrected chi connectivity index (χ1v) is 7.18. The normalized spacial score (nSPS) is 18.9. The van der Waals surface area contributed by atoms with Gasteiger partial charge in [-0.15, -0.1) is 0 Å². The van der Waals surface area contributed by atoms with Crippen molar-refractivity contribution in [2.24, 2.45) is 0 Å². The van der Waals surface area contributed by atoms with E-state index in [1.54, 1.807) is 0 Å². The Morgan fingerprint density at radius 3 is 2.48 bits per heavy atom. The topological polar surface area (TPSA) is 15.3 Å². The predicted octanol–water partition coefficient (Wildman–Crippen LogP) is 3.81. The molecule has 0 aliphatic carbocycles. The minimum atomic E-state index is -4.67. The maximum Gasteiger partial charge on any atom is 0.419 e. The van der Waals surface area contributed by atoms with E-state index >= 15 is 0 Å². The average Bonchev–Trinajstić information content (AvgIpc) is 2.46. The second-order valence-electron chi connectivity index (χ2n) is 5.50. The number of halogens is 4. The van der Waals surface area contributed by atoms with Gasteiger partial charge in [-0.3, -0.25) is 0 Å². The highest BCUT2D eigenvalue weighted by Crippen LogP contribution is 2.34. The Kier molecular flexibility index (Phi) is 4.46. The van der Waals surface area contributed by atoms with E-state index in [1.807, 2.05) is 4.90 Å². The zero-order chi connectivity index (χ0) is 15.7. The number of hydrogen-bond acceptors (Lipinski definition) is 2. The quantitative estimate of drug-likeness (QED) is 0.854. The number of hydrogen-bond donors (Lipinski definition) is 1. The van der Waals surface area contributed by atoms with E-state index in [1.165, 1.54) is 6.07 Å². The molecule has 118 valence electrons. The standard InChI is InChI=1S/C15H20F4N2/c1-3-14(4-2)10-21(8-7-20-14)11-5-6-13(16)12(9-11)15(17,18)19/h5-6,9,20H,3-4,7-8,10H2,1-2H3. The maximum absolute atomic E-state index is 13.4. The molecule has 2 nitrogen and oxygen atoms in total. The molecule has 2 rings (SSSR count). The van der Waals surface area contributed by atoms with Gasteiger partial charge < -0.3 is 10.2 Å². The van der Waals surface area contributed by atoms with Crippen molar-refractivity contribution >= 4 is 5.69 Å². The van der Waals surface area contributed by atoms with Gasteiger partial charge in [0.1, 0.15) is 5.82 Å². The fourth-order valence-electron chi connectivity index (χ4n) is 2.83. The highest BCUT2D eigenvalue weighted by molar-refractivity contribution is 5.50. The van der Waals surface area contributed by atoms with E-state index in [0.29, 0.717) is 25.3 Å². The summed E-state index contributed by atoms with van der Waals surface area (Å²) in [5.74, 6) is -1.22. The lowest BCUT2D eigenvalue weighted by molar-refractivity contribution is -0.139. The first-order chi connectivity index (χ1) is 9.81. The summed E-state index contributed by atoms with van der Waals surface area (Å²) in [7, 11) is 0. The van der Waals surface area contributed by atoms with Crippen molar-refractivity contribution < 1.29 is 17.6 Å². The Labute approximate surface area is 122 Å². The number of alkyl halides is 3. The number of nitrogens with one attached hydrogen (secondary N) is 1. The Hall–Kier alpha value is -1.30. The fourth-order valence-corrected chi connectivity index (χ4v) is 2.83. The molecule has 0 aromatic heterocycles. The molecule has 0 spiro atoms. The molecule has 0 amide bonds. The Bertz CT molecular complexity index is 495. The third-order valence-electron chi connectivity index (χ3n) is 4.35. The van der Waals surface area contributed by atoms with Crippen LogP contribution in [0.4, 0.5) is 23.2 Å². The number of piperazine rings is 1. The van der Waals surface area contributed by atoms with E-state index in [0.717, 1.165) is 25.0 Å². The van der Waals surface area contributed by atoms with Gasteiger partial charge in [0.05, 0.1) is 5.56 Å². The molecule has 1 heterocycles. The molecule has 1 saturated heterocycles. The van der Waals surface area contributed by atoms with Crippen molar-refractivity contribution in [2.75, 3.05) is 24.5 Å². The summed E-state index contributed by atoms with van der Waals surface area (Å²) in [4.78, 5) is 1.90. The monoisotopic (exact) mass is 304 g/mol. The summed E-state index contributed by atoms with van der Waals surface area (Å²) in [5, 5.41) is 3.45. The van der Waals surface area contributed by atoms with Gasteiger partial charge >= 0.3 is 6.18 Å². The van der Waals surface area contributed by atoms with Crippen molar-refractivity contribution in [1.82, 2.24) is 5.32 Å². The van der Waals surface area contributed by atoms with Crippen LogP contribution in [0, 0.1) is 5.82 Å². The van der Waals surface area contributed by atoms with E-state index in [-0.39, 0.29) is 5.54 Å². The van der Waals surface area contributed by atoms with Crippen LogP contribution in [0.2, 0.25) is 0 Å². The molecular formula is C15H20F4N2. The number of benzene rings is 1. The molecule has 1 aliphatic heterocycles. The maximum atomic E-state index is 13.4. The number of nitrogens with zero attached hydrogens (tertiary/aromatic N) is 1. The van der Waals surface area contributed by atoms with Crippen molar-refractivity contribution in [3.05, 3.63) is 29.6 Å². The minimum Gasteiger partial charge on any atom is -0.368 e. The van der Waals surface area contributed by atoms with Crippen LogP contribution in [0.1, 0.15) is 32.3 Å². The van der Waals surface area contributed by atoms with Crippen LogP contribution in [-0.2, 0) is 6.18 Å². The van der Waals surface area contributed by atoms with Crippen molar-refractivity contribution in [1.29, 1.82) is 0 Å². The lowest BCUT2D eigenvalue weighted by Gasteiger charge is -2.44. The Morgan fingerprint density at radius 2 is 1.90 bits per heavy atom. The Balaban J connectivity index is 2.30. The molecule has 1 aromatic carbocycles. The predicted molar refractivity (Wildman–Crippen MR) is 74.9 cm³/mol.